The number of likely N-dealkylation sites (tertiary alicyclic amines) is 1. The van der Waals surface area contributed by atoms with E-state index in [1.165, 1.54) is 19.4 Å². The van der Waals surface area contributed by atoms with Gasteiger partial charge in [-0.2, -0.15) is 4.31 Å². The number of hydrogen-bond acceptors (Lipinski definition) is 4. The van der Waals surface area contributed by atoms with Crippen molar-refractivity contribution in [2.75, 3.05) is 32.8 Å². The van der Waals surface area contributed by atoms with E-state index in [-0.39, 0.29) is 11.5 Å². The summed E-state index contributed by atoms with van der Waals surface area (Å²) in [5.74, 6) is 1.40. The van der Waals surface area contributed by atoms with Crippen molar-refractivity contribution in [1.29, 1.82) is 0 Å². The van der Waals surface area contributed by atoms with Crippen LogP contribution in [0.4, 0.5) is 0 Å². The minimum atomic E-state index is -3.55. The molecule has 0 bridgehead atoms. The fraction of sp³-hybridized carbons (Fsp3) is 0.700. The Morgan fingerprint density at radius 2 is 1.88 bits per heavy atom. The molecule has 1 saturated heterocycles. The van der Waals surface area contributed by atoms with Gasteiger partial charge in [-0.15, -0.1) is 0 Å². The molecule has 0 N–H and O–H groups in total. The van der Waals surface area contributed by atoms with Crippen molar-refractivity contribution in [3.05, 3.63) is 24.3 Å². The van der Waals surface area contributed by atoms with Gasteiger partial charge >= 0.3 is 0 Å². The molecule has 144 valence electrons. The van der Waals surface area contributed by atoms with Crippen LogP contribution in [0.25, 0.3) is 0 Å². The summed E-state index contributed by atoms with van der Waals surface area (Å²) in [4.78, 5) is 2.86. The average Bonchev–Trinajstić information content (AvgIpc) is 3.43. The SMILES string of the molecule is CC(C)N1CC2(CCN(CC3CC3)CC2)COc2ccccc2S1(=O)=O. The highest BCUT2D eigenvalue weighted by Crippen LogP contribution is 2.40. The fourth-order valence-electron chi connectivity index (χ4n) is 4.24. The summed E-state index contributed by atoms with van der Waals surface area (Å²) < 4.78 is 34.4. The number of sulfonamides is 1. The number of nitrogens with zero attached hydrogens (tertiary/aromatic N) is 2. The van der Waals surface area contributed by atoms with Gasteiger partial charge in [0.15, 0.2) is 0 Å². The van der Waals surface area contributed by atoms with Gasteiger partial charge in [-0.25, -0.2) is 8.42 Å². The predicted molar refractivity (Wildman–Crippen MR) is 102 cm³/mol. The van der Waals surface area contributed by atoms with Crippen molar-refractivity contribution in [3.8, 4) is 5.75 Å². The minimum Gasteiger partial charge on any atom is -0.492 e. The lowest BCUT2D eigenvalue weighted by Crippen LogP contribution is -2.53. The second kappa shape index (κ2) is 6.80. The van der Waals surface area contributed by atoms with Gasteiger partial charge < -0.3 is 9.64 Å². The first-order valence-electron chi connectivity index (χ1n) is 9.86. The van der Waals surface area contributed by atoms with Gasteiger partial charge in [0.05, 0.1) is 6.61 Å². The summed E-state index contributed by atoms with van der Waals surface area (Å²) in [6.07, 6.45) is 4.75. The summed E-state index contributed by atoms with van der Waals surface area (Å²) in [6, 6.07) is 7.00. The van der Waals surface area contributed by atoms with Crippen LogP contribution in [0.5, 0.6) is 5.75 Å². The lowest BCUT2D eigenvalue weighted by molar-refractivity contribution is 0.0294. The highest BCUT2D eigenvalue weighted by atomic mass is 32.2. The Morgan fingerprint density at radius 1 is 1.19 bits per heavy atom. The largest absolute Gasteiger partial charge is 0.492 e. The van der Waals surface area contributed by atoms with Crippen molar-refractivity contribution < 1.29 is 13.2 Å². The van der Waals surface area contributed by atoms with Gasteiger partial charge in [0.2, 0.25) is 10.0 Å². The predicted octanol–water partition coefficient (Wildman–Crippen LogP) is 2.97. The number of piperidine rings is 1. The molecule has 1 aliphatic carbocycles. The van der Waals surface area contributed by atoms with Crippen molar-refractivity contribution in [2.45, 2.75) is 50.5 Å². The van der Waals surface area contributed by atoms with E-state index in [4.69, 9.17) is 4.74 Å². The molecule has 0 unspecified atom stereocenters. The van der Waals surface area contributed by atoms with Crippen molar-refractivity contribution in [3.63, 3.8) is 0 Å². The van der Waals surface area contributed by atoms with Crippen LogP contribution >= 0.6 is 0 Å². The van der Waals surface area contributed by atoms with E-state index in [1.807, 2.05) is 19.9 Å². The van der Waals surface area contributed by atoms with E-state index in [2.05, 4.69) is 4.90 Å². The van der Waals surface area contributed by atoms with Crippen LogP contribution in [0.1, 0.15) is 39.5 Å². The number of ether oxygens (including phenoxy) is 1. The number of hydrogen-bond donors (Lipinski definition) is 0. The van der Waals surface area contributed by atoms with Gasteiger partial charge in [-0.1, -0.05) is 12.1 Å². The standard InChI is InChI=1S/C20H30N2O3S/c1-16(2)22-14-20(9-11-21(12-10-20)13-17-7-8-17)15-25-18-5-3-4-6-19(18)26(22,23)24/h3-6,16-17H,7-15H2,1-2H3. The summed E-state index contributed by atoms with van der Waals surface area (Å²) in [5, 5.41) is 0. The van der Waals surface area contributed by atoms with Crippen LogP contribution < -0.4 is 4.74 Å². The summed E-state index contributed by atoms with van der Waals surface area (Å²) in [5.41, 5.74) is -0.0923. The molecule has 1 aromatic carbocycles. The third-order valence-electron chi connectivity index (χ3n) is 6.17. The van der Waals surface area contributed by atoms with Gasteiger partial charge in [0.25, 0.3) is 0 Å². The third-order valence-corrected chi connectivity index (χ3v) is 8.23. The first-order chi connectivity index (χ1) is 12.4. The molecule has 3 aliphatic rings. The zero-order valence-electron chi connectivity index (χ0n) is 15.9. The normalized spacial score (nSPS) is 26.1. The fourth-order valence-corrected chi connectivity index (χ4v) is 6.12. The Balaban J connectivity index is 1.61. The first kappa shape index (κ1) is 18.3. The summed E-state index contributed by atoms with van der Waals surface area (Å²) in [7, 11) is -3.55. The lowest BCUT2D eigenvalue weighted by atomic mass is 9.78. The van der Waals surface area contributed by atoms with Crippen molar-refractivity contribution in [1.82, 2.24) is 9.21 Å². The minimum absolute atomic E-state index is 0.0625. The van der Waals surface area contributed by atoms with Crippen LogP contribution in [0, 0.1) is 11.3 Å². The first-order valence-corrected chi connectivity index (χ1v) is 11.3. The van der Waals surface area contributed by atoms with Gasteiger partial charge in [0.1, 0.15) is 10.6 Å². The molecule has 2 heterocycles. The topological polar surface area (TPSA) is 49.9 Å². The Labute approximate surface area is 157 Å². The Hall–Kier alpha value is -1.11. The molecule has 1 spiro atoms. The maximum absolute atomic E-state index is 13.3. The lowest BCUT2D eigenvalue weighted by Gasteiger charge is -2.45. The van der Waals surface area contributed by atoms with Gasteiger partial charge in [0, 0.05) is 24.5 Å². The monoisotopic (exact) mass is 378 g/mol. The Morgan fingerprint density at radius 3 is 2.54 bits per heavy atom. The van der Waals surface area contributed by atoms with E-state index < -0.39 is 10.0 Å². The molecule has 0 aromatic heterocycles. The number of rotatable bonds is 3. The van der Waals surface area contributed by atoms with Crippen molar-refractivity contribution >= 4 is 10.0 Å². The van der Waals surface area contributed by atoms with E-state index in [0.717, 1.165) is 31.8 Å². The number of benzene rings is 1. The van der Waals surface area contributed by atoms with Crippen LogP contribution in [0.15, 0.2) is 29.2 Å². The zero-order valence-corrected chi connectivity index (χ0v) is 16.7. The summed E-state index contributed by atoms with van der Waals surface area (Å²) in [6.45, 7) is 8.41. The molecule has 6 heteroatoms. The molecule has 4 rings (SSSR count). The second-order valence-electron chi connectivity index (χ2n) is 8.62. The Bertz CT molecular complexity index is 750. The average molecular weight is 379 g/mol. The highest BCUT2D eigenvalue weighted by Gasteiger charge is 2.44. The van der Waals surface area contributed by atoms with E-state index in [9.17, 15) is 8.42 Å². The van der Waals surface area contributed by atoms with Crippen LogP contribution in [0.3, 0.4) is 0 Å². The van der Waals surface area contributed by atoms with E-state index >= 15 is 0 Å². The number of fused-ring (bicyclic) bond motifs is 1. The van der Waals surface area contributed by atoms with Gasteiger partial charge in [-0.05, 0) is 70.7 Å². The second-order valence-corrected chi connectivity index (χ2v) is 10.5. The maximum Gasteiger partial charge on any atom is 0.247 e. The van der Waals surface area contributed by atoms with E-state index in [0.29, 0.717) is 23.8 Å². The van der Waals surface area contributed by atoms with Crippen LogP contribution in [-0.2, 0) is 10.0 Å². The molecule has 0 radical (unpaired) electrons. The van der Waals surface area contributed by atoms with Gasteiger partial charge in [-0.3, -0.25) is 0 Å². The zero-order chi connectivity index (χ0) is 18.4. The molecule has 1 aromatic rings. The third kappa shape index (κ3) is 3.51. The molecule has 1 saturated carbocycles. The molecule has 26 heavy (non-hydrogen) atoms. The van der Waals surface area contributed by atoms with Crippen LogP contribution in [-0.4, -0.2) is 56.5 Å². The smallest absolute Gasteiger partial charge is 0.247 e. The quantitative estimate of drug-likeness (QED) is 0.811. The molecule has 5 nitrogen and oxygen atoms in total. The maximum atomic E-state index is 13.3. The summed E-state index contributed by atoms with van der Waals surface area (Å²) >= 11 is 0. The Kier molecular flexibility index (Phi) is 4.78. The molecule has 0 atom stereocenters. The van der Waals surface area contributed by atoms with Crippen molar-refractivity contribution in [2.24, 2.45) is 11.3 Å². The number of para-hydroxylation sites is 1. The van der Waals surface area contributed by atoms with E-state index in [1.54, 1.807) is 22.5 Å². The molecule has 2 fully saturated rings. The van der Waals surface area contributed by atoms with Crippen LogP contribution in [0.2, 0.25) is 0 Å². The molecular weight excluding hydrogens is 348 g/mol. The highest BCUT2D eigenvalue weighted by molar-refractivity contribution is 7.89. The molecule has 2 aliphatic heterocycles. The molecule has 0 amide bonds. The molecular formula is C20H30N2O3S.